The van der Waals surface area contributed by atoms with Crippen LogP contribution in [0.1, 0.15) is 24.6 Å². The van der Waals surface area contributed by atoms with Crippen LogP contribution >= 0.6 is 15.9 Å². The summed E-state index contributed by atoms with van der Waals surface area (Å²) in [4.78, 5) is 8.69. The number of nitrogens with two attached hydrogens (primary N) is 1. The number of pyridine rings is 1. The van der Waals surface area contributed by atoms with Crippen molar-refractivity contribution < 1.29 is 4.42 Å². The monoisotopic (exact) mass is 346 g/mol. The molecule has 3 rings (SSSR count). The van der Waals surface area contributed by atoms with E-state index in [9.17, 15) is 0 Å². The van der Waals surface area contributed by atoms with Crippen LogP contribution in [0, 0.1) is 6.92 Å². The summed E-state index contributed by atoms with van der Waals surface area (Å²) in [5.74, 6) is 1.44. The van der Waals surface area contributed by atoms with Gasteiger partial charge in [0.2, 0.25) is 5.89 Å². The molecule has 0 spiro atoms. The molecule has 0 fully saturated rings. The molecule has 0 bridgehead atoms. The fourth-order valence-corrected chi connectivity index (χ4v) is 2.53. The summed E-state index contributed by atoms with van der Waals surface area (Å²) in [5, 5.41) is 4.28. The highest BCUT2D eigenvalue weighted by atomic mass is 79.9. The second-order valence-corrected chi connectivity index (χ2v) is 5.84. The van der Waals surface area contributed by atoms with Gasteiger partial charge in [-0.1, -0.05) is 0 Å². The maximum atomic E-state index is 6.02. The Morgan fingerprint density at radius 2 is 2.10 bits per heavy atom. The fourth-order valence-electron chi connectivity index (χ4n) is 2.20. The van der Waals surface area contributed by atoms with Crippen molar-refractivity contribution in [1.29, 1.82) is 0 Å². The number of halogens is 1. The maximum absolute atomic E-state index is 6.02. The number of rotatable bonds is 3. The smallest absolute Gasteiger partial charge is 0.216 e. The normalized spacial score (nSPS) is 12.5. The molecular weight excluding hydrogens is 332 g/mol. The van der Waals surface area contributed by atoms with E-state index in [2.05, 4.69) is 31.2 Å². The molecule has 21 heavy (non-hydrogen) atoms. The SMILES string of the molecule is Cc1cnc(C(C)Nc2ccc(N)c3cc(Br)cnc23)o1. The van der Waals surface area contributed by atoms with Gasteiger partial charge in [-0.05, 0) is 48.0 Å². The molecule has 108 valence electrons. The molecule has 1 unspecified atom stereocenters. The van der Waals surface area contributed by atoms with Crippen LogP contribution in [0.2, 0.25) is 0 Å². The van der Waals surface area contributed by atoms with E-state index < -0.39 is 0 Å². The number of aryl methyl sites for hydroxylation is 1. The van der Waals surface area contributed by atoms with Gasteiger partial charge in [0.1, 0.15) is 11.8 Å². The second kappa shape index (κ2) is 5.37. The van der Waals surface area contributed by atoms with Crippen molar-refractivity contribution in [3.8, 4) is 0 Å². The van der Waals surface area contributed by atoms with Crippen molar-refractivity contribution in [2.24, 2.45) is 0 Å². The second-order valence-electron chi connectivity index (χ2n) is 4.93. The highest BCUT2D eigenvalue weighted by molar-refractivity contribution is 9.10. The Morgan fingerprint density at radius 3 is 2.81 bits per heavy atom. The predicted octanol–water partition coefficient (Wildman–Crippen LogP) is 4.05. The van der Waals surface area contributed by atoms with Crippen LogP contribution in [0.5, 0.6) is 0 Å². The Balaban J connectivity index is 1.99. The molecular formula is C15H15BrN4O. The van der Waals surface area contributed by atoms with Crippen molar-refractivity contribution in [3.05, 3.63) is 46.7 Å². The first-order valence-electron chi connectivity index (χ1n) is 6.57. The summed E-state index contributed by atoms with van der Waals surface area (Å²) in [5.41, 5.74) is 8.44. The molecule has 2 heterocycles. The first kappa shape index (κ1) is 13.9. The molecule has 0 saturated heterocycles. The van der Waals surface area contributed by atoms with Crippen molar-refractivity contribution in [2.75, 3.05) is 11.1 Å². The minimum absolute atomic E-state index is 0.0593. The lowest BCUT2D eigenvalue weighted by Gasteiger charge is -2.14. The van der Waals surface area contributed by atoms with Crippen LogP contribution in [0.4, 0.5) is 11.4 Å². The standard InChI is InChI=1S/C15H15BrN4O/c1-8-6-19-15(21-8)9(2)20-13-4-3-12(17)11-5-10(16)7-18-14(11)13/h3-7,9,20H,17H2,1-2H3. The number of hydrogen-bond acceptors (Lipinski definition) is 5. The van der Waals surface area contributed by atoms with Crippen molar-refractivity contribution >= 4 is 38.2 Å². The number of anilines is 2. The number of hydrogen-bond donors (Lipinski definition) is 2. The number of nitrogen functional groups attached to an aromatic ring is 1. The average molecular weight is 347 g/mol. The van der Waals surface area contributed by atoms with Crippen molar-refractivity contribution in [2.45, 2.75) is 19.9 Å². The zero-order chi connectivity index (χ0) is 15.0. The van der Waals surface area contributed by atoms with E-state index in [1.54, 1.807) is 12.4 Å². The highest BCUT2D eigenvalue weighted by Gasteiger charge is 2.14. The number of nitrogens with zero attached hydrogens (tertiary/aromatic N) is 2. The Labute approximate surface area is 130 Å². The maximum Gasteiger partial charge on any atom is 0.216 e. The van der Waals surface area contributed by atoms with Gasteiger partial charge >= 0.3 is 0 Å². The van der Waals surface area contributed by atoms with E-state index >= 15 is 0 Å². The number of aromatic nitrogens is 2. The largest absolute Gasteiger partial charge is 0.444 e. The van der Waals surface area contributed by atoms with Crippen molar-refractivity contribution in [3.63, 3.8) is 0 Å². The van der Waals surface area contributed by atoms with Gasteiger partial charge in [-0.3, -0.25) is 4.98 Å². The summed E-state index contributed by atoms with van der Waals surface area (Å²) in [7, 11) is 0. The minimum atomic E-state index is -0.0593. The van der Waals surface area contributed by atoms with Gasteiger partial charge in [-0.15, -0.1) is 0 Å². The zero-order valence-electron chi connectivity index (χ0n) is 11.7. The van der Waals surface area contributed by atoms with Gasteiger partial charge in [0.25, 0.3) is 0 Å². The van der Waals surface area contributed by atoms with E-state index in [4.69, 9.17) is 10.2 Å². The first-order chi connectivity index (χ1) is 10.0. The van der Waals surface area contributed by atoms with Crippen LogP contribution in [-0.2, 0) is 0 Å². The topological polar surface area (TPSA) is 77.0 Å². The van der Waals surface area contributed by atoms with Crippen LogP contribution < -0.4 is 11.1 Å². The van der Waals surface area contributed by atoms with Crippen LogP contribution in [0.25, 0.3) is 10.9 Å². The van der Waals surface area contributed by atoms with E-state index in [1.165, 1.54) is 0 Å². The molecule has 1 atom stereocenters. The Hall–Kier alpha value is -2.08. The zero-order valence-corrected chi connectivity index (χ0v) is 13.3. The lowest BCUT2D eigenvalue weighted by atomic mass is 10.1. The average Bonchev–Trinajstić information content (AvgIpc) is 2.89. The quantitative estimate of drug-likeness (QED) is 0.699. The minimum Gasteiger partial charge on any atom is -0.444 e. The third-order valence-electron chi connectivity index (χ3n) is 3.23. The van der Waals surface area contributed by atoms with Gasteiger partial charge in [0, 0.05) is 21.7 Å². The lowest BCUT2D eigenvalue weighted by Crippen LogP contribution is -2.08. The molecule has 0 saturated carbocycles. The third kappa shape index (κ3) is 2.71. The van der Waals surface area contributed by atoms with E-state index in [-0.39, 0.29) is 6.04 Å². The number of oxazole rings is 1. The van der Waals surface area contributed by atoms with Crippen LogP contribution in [0.15, 0.2) is 39.5 Å². The van der Waals surface area contributed by atoms with Gasteiger partial charge in [0.15, 0.2) is 0 Å². The Morgan fingerprint density at radius 1 is 1.29 bits per heavy atom. The van der Waals surface area contributed by atoms with Gasteiger partial charge in [-0.2, -0.15) is 0 Å². The molecule has 6 heteroatoms. The van der Waals surface area contributed by atoms with Gasteiger partial charge < -0.3 is 15.5 Å². The van der Waals surface area contributed by atoms with Crippen LogP contribution in [0.3, 0.4) is 0 Å². The molecule has 0 aliphatic rings. The Kier molecular flexibility index (Phi) is 3.55. The molecule has 2 aromatic heterocycles. The summed E-state index contributed by atoms with van der Waals surface area (Å²) >= 11 is 3.42. The molecule has 0 aliphatic carbocycles. The van der Waals surface area contributed by atoms with Crippen LogP contribution in [-0.4, -0.2) is 9.97 Å². The molecule has 0 amide bonds. The van der Waals surface area contributed by atoms with Crippen molar-refractivity contribution in [1.82, 2.24) is 9.97 Å². The summed E-state index contributed by atoms with van der Waals surface area (Å²) in [6.45, 7) is 3.87. The molecule has 1 aromatic carbocycles. The lowest BCUT2D eigenvalue weighted by molar-refractivity contribution is 0.454. The predicted molar refractivity (Wildman–Crippen MR) is 87.1 cm³/mol. The molecule has 0 radical (unpaired) electrons. The van der Waals surface area contributed by atoms with E-state index in [1.807, 2.05) is 32.0 Å². The van der Waals surface area contributed by atoms with Gasteiger partial charge in [0.05, 0.1) is 17.4 Å². The number of nitrogens with one attached hydrogen (secondary N) is 1. The molecule has 3 N–H and O–H groups in total. The van der Waals surface area contributed by atoms with Gasteiger partial charge in [-0.25, -0.2) is 4.98 Å². The first-order valence-corrected chi connectivity index (χ1v) is 7.36. The summed E-state index contributed by atoms with van der Waals surface area (Å²) < 4.78 is 6.44. The van der Waals surface area contributed by atoms with E-state index in [0.29, 0.717) is 11.6 Å². The molecule has 3 aromatic rings. The Bertz CT molecular complexity index is 799. The fraction of sp³-hybridized carbons (Fsp3) is 0.200. The highest BCUT2D eigenvalue weighted by Crippen LogP contribution is 2.30. The number of benzene rings is 1. The summed E-state index contributed by atoms with van der Waals surface area (Å²) in [6.07, 6.45) is 3.47. The molecule has 5 nitrogen and oxygen atoms in total. The number of fused-ring (bicyclic) bond motifs is 1. The van der Waals surface area contributed by atoms with E-state index in [0.717, 1.165) is 26.8 Å². The summed E-state index contributed by atoms with van der Waals surface area (Å²) in [6, 6.07) is 5.69. The molecule has 0 aliphatic heterocycles. The third-order valence-corrected chi connectivity index (χ3v) is 3.67.